The second-order valence-corrected chi connectivity index (χ2v) is 6.95. The summed E-state index contributed by atoms with van der Waals surface area (Å²) in [4.78, 5) is 25.4. The molecule has 4 rings (SSSR count). The number of hydrogen-bond acceptors (Lipinski definition) is 5. The Balaban J connectivity index is 1.68. The van der Waals surface area contributed by atoms with Gasteiger partial charge >= 0.3 is 0 Å². The number of para-hydroxylation sites is 1. The minimum absolute atomic E-state index is 0.0910. The number of amides is 1. The predicted octanol–water partition coefficient (Wildman–Crippen LogP) is 1.98. The molecule has 0 atom stereocenters. The lowest BCUT2D eigenvalue weighted by Gasteiger charge is -2.41. The molecule has 2 aliphatic heterocycles. The van der Waals surface area contributed by atoms with E-state index in [1.54, 1.807) is 12.4 Å². The van der Waals surface area contributed by atoms with Crippen molar-refractivity contribution in [3.8, 4) is 5.75 Å². The Bertz CT molecular complexity index is 757. The van der Waals surface area contributed by atoms with Crippen LogP contribution in [0.15, 0.2) is 42.9 Å². The van der Waals surface area contributed by atoms with Gasteiger partial charge in [-0.2, -0.15) is 0 Å². The summed E-state index contributed by atoms with van der Waals surface area (Å²) in [5.74, 6) is 0.799. The van der Waals surface area contributed by atoms with Gasteiger partial charge in [0.1, 0.15) is 17.0 Å². The van der Waals surface area contributed by atoms with E-state index in [0.717, 1.165) is 37.2 Å². The van der Waals surface area contributed by atoms with Crippen molar-refractivity contribution in [2.75, 3.05) is 26.7 Å². The zero-order valence-electron chi connectivity index (χ0n) is 14.4. The molecular formula is C19H22N4O2. The molecule has 1 spiro atoms. The van der Waals surface area contributed by atoms with Crippen LogP contribution in [0.4, 0.5) is 0 Å². The Labute approximate surface area is 147 Å². The third-order valence-corrected chi connectivity index (χ3v) is 5.11. The second-order valence-electron chi connectivity index (χ2n) is 6.95. The van der Waals surface area contributed by atoms with Crippen molar-refractivity contribution in [1.82, 2.24) is 19.8 Å². The van der Waals surface area contributed by atoms with Crippen molar-refractivity contribution >= 4 is 5.91 Å². The first kappa shape index (κ1) is 16.0. The largest absolute Gasteiger partial charge is 0.485 e. The molecule has 1 aromatic carbocycles. The van der Waals surface area contributed by atoms with Gasteiger partial charge in [-0.1, -0.05) is 18.2 Å². The molecule has 6 nitrogen and oxygen atoms in total. The molecule has 0 aliphatic carbocycles. The van der Waals surface area contributed by atoms with E-state index in [1.165, 1.54) is 6.20 Å². The highest BCUT2D eigenvalue weighted by atomic mass is 16.5. The molecule has 6 heteroatoms. The van der Waals surface area contributed by atoms with Crippen molar-refractivity contribution in [2.24, 2.45) is 0 Å². The van der Waals surface area contributed by atoms with E-state index in [-0.39, 0.29) is 11.5 Å². The summed E-state index contributed by atoms with van der Waals surface area (Å²) in [7, 11) is 2.12. The maximum atomic E-state index is 13.0. The zero-order valence-corrected chi connectivity index (χ0v) is 14.4. The number of carbonyl (C=O) groups excluding carboxylic acids is 1. The van der Waals surface area contributed by atoms with Gasteiger partial charge in [-0.05, 0) is 13.1 Å². The number of benzene rings is 1. The average Bonchev–Trinajstić information content (AvgIpc) is 2.81. The molecule has 3 heterocycles. The third kappa shape index (κ3) is 3.22. The molecule has 0 unspecified atom stereocenters. The highest BCUT2D eigenvalue weighted by molar-refractivity contribution is 5.92. The fourth-order valence-electron chi connectivity index (χ4n) is 3.61. The first-order valence-corrected chi connectivity index (χ1v) is 8.66. The SMILES string of the molecule is CN1CCC2(CC1)CN(C(=O)c1cnccn1)Cc1ccccc1O2. The van der Waals surface area contributed by atoms with Crippen molar-refractivity contribution in [1.29, 1.82) is 0 Å². The number of carbonyl (C=O) groups is 1. The molecule has 1 amide bonds. The normalized spacial score (nSPS) is 19.8. The molecule has 1 aromatic heterocycles. The summed E-state index contributed by atoms with van der Waals surface area (Å²) in [5.41, 5.74) is 1.08. The van der Waals surface area contributed by atoms with Crippen LogP contribution in [0.1, 0.15) is 28.9 Å². The molecule has 2 aromatic rings. The van der Waals surface area contributed by atoms with Crippen LogP contribution in [0.2, 0.25) is 0 Å². The minimum Gasteiger partial charge on any atom is -0.485 e. The van der Waals surface area contributed by atoms with Crippen LogP contribution < -0.4 is 4.74 Å². The maximum absolute atomic E-state index is 13.0. The second kappa shape index (κ2) is 6.44. The average molecular weight is 338 g/mol. The summed E-state index contributed by atoms with van der Waals surface area (Å²) in [6, 6.07) is 8.01. The van der Waals surface area contributed by atoms with E-state index in [9.17, 15) is 4.79 Å². The van der Waals surface area contributed by atoms with Crippen LogP contribution in [0.5, 0.6) is 5.75 Å². The number of nitrogens with zero attached hydrogens (tertiary/aromatic N) is 4. The van der Waals surface area contributed by atoms with Crippen LogP contribution in [0, 0.1) is 0 Å². The standard InChI is InChI=1S/C19H22N4O2/c1-22-10-6-19(7-11-22)14-23(18(24)16-12-20-8-9-21-16)13-15-4-2-3-5-17(15)25-19/h2-5,8-9,12H,6-7,10-11,13-14H2,1H3. The van der Waals surface area contributed by atoms with Crippen molar-refractivity contribution in [3.05, 3.63) is 54.1 Å². The summed E-state index contributed by atoms with van der Waals surface area (Å²) in [6.45, 7) is 3.04. The molecule has 0 N–H and O–H groups in total. The number of fused-ring (bicyclic) bond motifs is 1. The minimum atomic E-state index is -0.336. The number of rotatable bonds is 1. The monoisotopic (exact) mass is 338 g/mol. The molecule has 130 valence electrons. The number of aromatic nitrogens is 2. The summed E-state index contributed by atoms with van der Waals surface area (Å²) in [5, 5.41) is 0. The lowest BCUT2D eigenvalue weighted by molar-refractivity contribution is -0.0104. The highest BCUT2D eigenvalue weighted by Gasteiger charge is 2.41. The van der Waals surface area contributed by atoms with E-state index in [4.69, 9.17) is 4.74 Å². The fraction of sp³-hybridized carbons (Fsp3) is 0.421. The van der Waals surface area contributed by atoms with Crippen LogP contribution in [0.25, 0.3) is 0 Å². The zero-order chi connectivity index (χ0) is 17.3. The van der Waals surface area contributed by atoms with Crippen LogP contribution >= 0.6 is 0 Å². The Morgan fingerprint density at radius 1 is 1.20 bits per heavy atom. The van der Waals surface area contributed by atoms with E-state index < -0.39 is 0 Å². The number of piperidine rings is 1. The number of hydrogen-bond donors (Lipinski definition) is 0. The number of ether oxygens (including phenoxy) is 1. The molecule has 1 fully saturated rings. The molecular weight excluding hydrogens is 316 g/mol. The number of likely N-dealkylation sites (tertiary alicyclic amines) is 1. The van der Waals surface area contributed by atoms with Crippen LogP contribution in [-0.2, 0) is 6.54 Å². The van der Waals surface area contributed by atoms with Gasteiger partial charge in [0, 0.05) is 50.4 Å². The van der Waals surface area contributed by atoms with Crippen LogP contribution in [-0.4, -0.2) is 58.0 Å². The predicted molar refractivity (Wildman–Crippen MR) is 93.3 cm³/mol. The summed E-state index contributed by atoms with van der Waals surface area (Å²) < 4.78 is 6.49. The maximum Gasteiger partial charge on any atom is 0.274 e. The first-order valence-electron chi connectivity index (χ1n) is 8.66. The molecule has 1 saturated heterocycles. The van der Waals surface area contributed by atoms with Gasteiger partial charge in [0.2, 0.25) is 0 Å². The van der Waals surface area contributed by atoms with Gasteiger partial charge in [0.25, 0.3) is 5.91 Å². The van der Waals surface area contributed by atoms with Gasteiger partial charge in [-0.25, -0.2) is 4.98 Å². The first-order chi connectivity index (χ1) is 12.2. The third-order valence-electron chi connectivity index (χ3n) is 5.11. The fourth-order valence-corrected chi connectivity index (χ4v) is 3.61. The van der Waals surface area contributed by atoms with Gasteiger partial charge in [0.15, 0.2) is 0 Å². The van der Waals surface area contributed by atoms with Crippen molar-refractivity contribution < 1.29 is 9.53 Å². The van der Waals surface area contributed by atoms with Crippen molar-refractivity contribution in [2.45, 2.75) is 25.0 Å². The highest BCUT2D eigenvalue weighted by Crippen LogP contribution is 2.35. The van der Waals surface area contributed by atoms with Gasteiger partial charge < -0.3 is 14.5 Å². The Morgan fingerprint density at radius 2 is 2.00 bits per heavy atom. The summed E-state index contributed by atoms with van der Waals surface area (Å²) in [6.07, 6.45) is 6.47. The lowest BCUT2D eigenvalue weighted by Crippen LogP contribution is -2.53. The molecule has 0 bridgehead atoms. The van der Waals surface area contributed by atoms with E-state index >= 15 is 0 Å². The molecule has 0 radical (unpaired) electrons. The molecule has 25 heavy (non-hydrogen) atoms. The smallest absolute Gasteiger partial charge is 0.274 e. The van der Waals surface area contributed by atoms with Gasteiger partial charge in [-0.3, -0.25) is 9.78 Å². The Kier molecular flexibility index (Phi) is 4.13. The van der Waals surface area contributed by atoms with Crippen molar-refractivity contribution in [3.63, 3.8) is 0 Å². The van der Waals surface area contributed by atoms with E-state index in [1.807, 2.05) is 29.2 Å². The topological polar surface area (TPSA) is 58.6 Å². The molecule has 2 aliphatic rings. The molecule has 0 saturated carbocycles. The van der Waals surface area contributed by atoms with Crippen LogP contribution in [0.3, 0.4) is 0 Å². The van der Waals surface area contributed by atoms with E-state index in [2.05, 4.69) is 21.9 Å². The van der Waals surface area contributed by atoms with Gasteiger partial charge in [-0.15, -0.1) is 0 Å². The lowest BCUT2D eigenvalue weighted by atomic mass is 9.90. The Morgan fingerprint density at radius 3 is 2.76 bits per heavy atom. The summed E-state index contributed by atoms with van der Waals surface area (Å²) >= 11 is 0. The van der Waals surface area contributed by atoms with E-state index in [0.29, 0.717) is 18.8 Å². The van der Waals surface area contributed by atoms with Gasteiger partial charge in [0.05, 0.1) is 12.7 Å². The quantitative estimate of drug-likeness (QED) is 0.796. The Hall–Kier alpha value is -2.47.